The predicted octanol–water partition coefficient (Wildman–Crippen LogP) is 2.72. The van der Waals surface area contributed by atoms with E-state index in [1.807, 2.05) is 0 Å². The zero-order chi connectivity index (χ0) is 14.6. The smallest absolute Gasteiger partial charge is 0.387 e. The number of ether oxygens (including phenoxy) is 2. The van der Waals surface area contributed by atoms with Crippen molar-refractivity contribution in [1.82, 2.24) is 0 Å². The number of halogens is 3. The number of hydrogen-bond donors (Lipinski definition) is 0. The summed E-state index contributed by atoms with van der Waals surface area (Å²) in [5, 5.41) is 10.9. The van der Waals surface area contributed by atoms with Gasteiger partial charge in [0.2, 0.25) is 5.75 Å². The molecule has 0 atom stereocenters. The number of hydrogen-bond acceptors (Lipinski definition) is 5. The number of carbonyl (C=O) groups is 1. The van der Waals surface area contributed by atoms with E-state index in [1.54, 1.807) is 0 Å². The fraction of sp³-hybridized carbons (Fsp3) is 0.300. The van der Waals surface area contributed by atoms with E-state index in [1.165, 1.54) is 0 Å². The summed E-state index contributed by atoms with van der Waals surface area (Å²) in [6, 6.07) is 2.07. The fourth-order valence-corrected chi connectivity index (χ4v) is 1.54. The van der Waals surface area contributed by atoms with Crippen molar-refractivity contribution in [2.45, 2.75) is 12.5 Å². The molecule has 6 nitrogen and oxygen atoms in total. The molecule has 0 radical (unpaired) electrons. The van der Waals surface area contributed by atoms with Crippen molar-refractivity contribution in [2.24, 2.45) is 0 Å². The first-order valence-corrected chi connectivity index (χ1v) is 5.34. The third kappa shape index (κ3) is 3.50. The minimum atomic E-state index is -3.27. The summed E-state index contributed by atoms with van der Waals surface area (Å²) < 4.78 is 32.8. The van der Waals surface area contributed by atoms with Crippen LogP contribution in [0, 0.1) is 10.1 Å². The van der Waals surface area contributed by atoms with Crippen molar-refractivity contribution in [2.75, 3.05) is 7.11 Å². The molecule has 0 N–H and O–H groups in total. The molecule has 0 spiro atoms. The Kier molecular flexibility index (Phi) is 4.99. The van der Waals surface area contributed by atoms with Crippen LogP contribution in [0.25, 0.3) is 0 Å². The number of nitro benzene ring substituents is 1. The van der Waals surface area contributed by atoms with Crippen LogP contribution >= 0.6 is 11.6 Å². The quantitative estimate of drug-likeness (QED) is 0.361. The van der Waals surface area contributed by atoms with Crippen LogP contribution in [0.5, 0.6) is 5.75 Å². The van der Waals surface area contributed by atoms with Crippen LogP contribution in [-0.4, -0.2) is 24.6 Å². The van der Waals surface area contributed by atoms with E-state index in [2.05, 4.69) is 9.47 Å². The molecular weight excluding hydrogens is 288 g/mol. The van der Waals surface area contributed by atoms with Gasteiger partial charge in [-0.1, -0.05) is 0 Å². The topological polar surface area (TPSA) is 78.7 Å². The van der Waals surface area contributed by atoms with Gasteiger partial charge in [-0.15, -0.1) is 11.6 Å². The van der Waals surface area contributed by atoms with Crippen molar-refractivity contribution in [3.8, 4) is 5.75 Å². The van der Waals surface area contributed by atoms with Gasteiger partial charge in [-0.2, -0.15) is 8.78 Å². The van der Waals surface area contributed by atoms with E-state index >= 15 is 0 Å². The molecule has 0 aliphatic heterocycles. The second kappa shape index (κ2) is 6.28. The largest absolute Gasteiger partial charge is 0.465 e. The minimum Gasteiger partial charge on any atom is -0.465 e. The number of benzene rings is 1. The first kappa shape index (κ1) is 15.1. The summed E-state index contributed by atoms with van der Waals surface area (Å²) in [5.74, 6) is -1.92. The summed E-state index contributed by atoms with van der Waals surface area (Å²) in [5.41, 5.74) is -1.18. The molecule has 1 rings (SSSR count). The highest BCUT2D eigenvalue weighted by molar-refractivity contribution is 6.17. The molecule has 9 heteroatoms. The Morgan fingerprint density at radius 1 is 1.53 bits per heavy atom. The highest BCUT2D eigenvalue weighted by Crippen LogP contribution is 2.34. The molecule has 0 bridgehead atoms. The van der Waals surface area contributed by atoms with Gasteiger partial charge in [-0.25, -0.2) is 4.79 Å². The first-order chi connectivity index (χ1) is 8.90. The zero-order valence-corrected chi connectivity index (χ0v) is 10.3. The van der Waals surface area contributed by atoms with Crippen molar-refractivity contribution in [1.29, 1.82) is 0 Å². The minimum absolute atomic E-state index is 0.137. The summed E-state index contributed by atoms with van der Waals surface area (Å²) in [6.45, 7) is -3.27. The summed E-state index contributed by atoms with van der Waals surface area (Å²) in [4.78, 5) is 21.3. The molecule has 0 amide bonds. The molecule has 0 heterocycles. The molecule has 1 aromatic carbocycles. The lowest BCUT2D eigenvalue weighted by Crippen LogP contribution is -2.11. The standard InChI is InChI=1S/C10H8ClF2NO5/c1-18-9(15)6-2-5(4-11)3-7(19-10(12)13)8(6)14(16)17/h2-3,10H,4H2,1H3. The summed E-state index contributed by atoms with van der Waals surface area (Å²) >= 11 is 5.52. The highest BCUT2D eigenvalue weighted by atomic mass is 35.5. The molecule has 19 heavy (non-hydrogen) atoms. The lowest BCUT2D eigenvalue weighted by molar-refractivity contribution is -0.386. The van der Waals surface area contributed by atoms with Gasteiger partial charge in [-0.3, -0.25) is 10.1 Å². The second-order valence-electron chi connectivity index (χ2n) is 3.25. The number of nitrogens with zero attached hydrogens (tertiary/aromatic N) is 1. The predicted molar refractivity (Wildman–Crippen MR) is 60.6 cm³/mol. The zero-order valence-electron chi connectivity index (χ0n) is 9.56. The normalized spacial score (nSPS) is 10.4. The fourth-order valence-electron chi connectivity index (χ4n) is 1.38. The van der Waals surface area contributed by atoms with E-state index in [0.29, 0.717) is 0 Å². The maximum atomic E-state index is 12.2. The van der Waals surface area contributed by atoms with E-state index in [4.69, 9.17) is 11.6 Å². The number of nitro groups is 1. The Morgan fingerprint density at radius 3 is 2.58 bits per heavy atom. The number of alkyl halides is 3. The van der Waals surface area contributed by atoms with Crippen LogP contribution < -0.4 is 4.74 Å². The molecule has 0 aliphatic carbocycles. The van der Waals surface area contributed by atoms with Crippen LogP contribution in [-0.2, 0) is 10.6 Å². The van der Waals surface area contributed by atoms with E-state index < -0.39 is 34.5 Å². The Balaban J connectivity index is 3.50. The molecule has 0 aliphatic rings. The van der Waals surface area contributed by atoms with Gasteiger partial charge < -0.3 is 9.47 Å². The van der Waals surface area contributed by atoms with Crippen LogP contribution in [0.15, 0.2) is 12.1 Å². The van der Waals surface area contributed by atoms with Gasteiger partial charge in [-0.05, 0) is 17.7 Å². The van der Waals surface area contributed by atoms with Crippen LogP contribution in [0.1, 0.15) is 15.9 Å². The molecule has 0 aromatic heterocycles. The van der Waals surface area contributed by atoms with Gasteiger partial charge in [0.15, 0.2) is 0 Å². The van der Waals surface area contributed by atoms with Gasteiger partial charge in [0.1, 0.15) is 5.56 Å². The number of esters is 1. The van der Waals surface area contributed by atoms with Gasteiger partial charge in [0.25, 0.3) is 0 Å². The number of carbonyl (C=O) groups excluding carboxylic acids is 1. The van der Waals surface area contributed by atoms with Gasteiger partial charge >= 0.3 is 18.3 Å². The SMILES string of the molecule is COC(=O)c1cc(CCl)cc(OC(F)F)c1[N+](=O)[O-]. The van der Waals surface area contributed by atoms with Gasteiger partial charge in [0.05, 0.1) is 12.0 Å². The molecule has 0 saturated carbocycles. The third-order valence-electron chi connectivity index (χ3n) is 2.09. The van der Waals surface area contributed by atoms with Gasteiger partial charge in [0, 0.05) is 5.88 Å². The molecule has 104 valence electrons. The summed E-state index contributed by atoms with van der Waals surface area (Å²) in [7, 11) is 1.01. The second-order valence-corrected chi connectivity index (χ2v) is 3.52. The molecule has 0 unspecified atom stereocenters. The molecule has 1 aromatic rings. The van der Waals surface area contributed by atoms with Crippen molar-refractivity contribution < 1.29 is 28.0 Å². The lowest BCUT2D eigenvalue weighted by Gasteiger charge is -2.09. The van der Waals surface area contributed by atoms with Crippen LogP contribution in [0.2, 0.25) is 0 Å². The Hall–Kier alpha value is -1.96. The third-order valence-corrected chi connectivity index (χ3v) is 2.40. The van der Waals surface area contributed by atoms with E-state index in [-0.39, 0.29) is 11.4 Å². The Morgan fingerprint density at radius 2 is 2.16 bits per heavy atom. The average molecular weight is 296 g/mol. The lowest BCUT2D eigenvalue weighted by atomic mass is 10.1. The molecule has 0 saturated heterocycles. The van der Waals surface area contributed by atoms with Crippen molar-refractivity contribution >= 4 is 23.3 Å². The molecule has 0 fully saturated rings. The van der Waals surface area contributed by atoms with E-state index in [0.717, 1.165) is 19.2 Å². The Bertz CT molecular complexity index is 509. The van der Waals surface area contributed by atoms with Crippen molar-refractivity contribution in [3.63, 3.8) is 0 Å². The Labute approximate surface area is 111 Å². The number of methoxy groups -OCH3 is 1. The van der Waals surface area contributed by atoms with Crippen molar-refractivity contribution in [3.05, 3.63) is 33.4 Å². The first-order valence-electron chi connectivity index (χ1n) is 4.81. The monoisotopic (exact) mass is 295 g/mol. The summed E-state index contributed by atoms with van der Waals surface area (Å²) in [6.07, 6.45) is 0. The molecular formula is C10H8ClF2NO5. The van der Waals surface area contributed by atoms with Crippen LogP contribution in [0.3, 0.4) is 0 Å². The van der Waals surface area contributed by atoms with Crippen LogP contribution in [0.4, 0.5) is 14.5 Å². The average Bonchev–Trinajstić information content (AvgIpc) is 2.35. The highest BCUT2D eigenvalue weighted by Gasteiger charge is 2.29. The number of rotatable bonds is 5. The maximum Gasteiger partial charge on any atom is 0.387 e. The van der Waals surface area contributed by atoms with E-state index in [9.17, 15) is 23.7 Å². The maximum absolute atomic E-state index is 12.2.